The van der Waals surface area contributed by atoms with Crippen molar-refractivity contribution in [3.8, 4) is 0 Å². The van der Waals surface area contributed by atoms with Gasteiger partial charge in [0.2, 0.25) is 0 Å². The number of nitrogen functional groups attached to an aromatic ring is 1. The second kappa shape index (κ2) is 5.58. The summed E-state index contributed by atoms with van der Waals surface area (Å²) < 4.78 is 0.799. The van der Waals surface area contributed by atoms with Crippen molar-refractivity contribution in [1.29, 1.82) is 0 Å². The fourth-order valence-electron chi connectivity index (χ4n) is 2.19. The summed E-state index contributed by atoms with van der Waals surface area (Å²) in [6.45, 7) is 0.675. The highest BCUT2D eigenvalue weighted by molar-refractivity contribution is 9.10. The molecule has 1 fully saturated rings. The van der Waals surface area contributed by atoms with Crippen LogP contribution >= 0.6 is 27.3 Å². The maximum atomic E-state index is 12.8. The van der Waals surface area contributed by atoms with E-state index in [1.165, 1.54) is 5.56 Å². The van der Waals surface area contributed by atoms with E-state index in [0.29, 0.717) is 23.8 Å². The molecule has 0 atom stereocenters. The zero-order chi connectivity index (χ0) is 14.1. The van der Waals surface area contributed by atoms with Crippen molar-refractivity contribution in [2.75, 3.05) is 5.73 Å². The number of halogens is 1. The lowest BCUT2D eigenvalue weighted by atomic mass is 10.1. The second-order valence-corrected chi connectivity index (χ2v) is 6.67. The van der Waals surface area contributed by atoms with Gasteiger partial charge in [-0.15, -0.1) is 0 Å². The second-order valence-electron chi connectivity index (χ2n) is 5.04. The van der Waals surface area contributed by atoms with Crippen molar-refractivity contribution in [3.63, 3.8) is 0 Å². The van der Waals surface area contributed by atoms with Gasteiger partial charge in [0.15, 0.2) is 0 Å². The summed E-state index contributed by atoms with van der Waals surface area (Å²) in [6.07, 6.45) is 2.19. The molecule has 1 saturated carbocycles. The number of benzene rings is 1. The van der Waals surface area contributed by atoms with E-state index < -0.39 is 0 Å². The van der Waals surface area contributed by atoms with Crippen molar-refractivity contribution in [2.24, 2.45) is 0 Å². The third-order valence-electron chi connectivity index (χ3n) is 3.40. The monoisotopic (exact) mass is 350 g/mol. The fourth-order valence-corrected chi connectivity index (χ4v) is 3.27. The summed E-state index contributed by atoms with van der Waals surface area (Å²) in [7, 11) is 0. The Balaban J connectivity index is 1.87. The van der Waals surface area contributed by atoms with E-state index in [9.17, 15) is 4.79 Å². The Kier molecular flexibility index (Phi) is 3.81. The van der Waals surface area contributed by atoms with Crippen LogP contribution in [0.15, 0.2) is 39.5 Å². The van der Waals surface area contributed by atoms with Gasteiger partial charge in [-0.2, -0.15) is 11.3 Å². The molecule has 0 radical (unpaired) electrons. The van der Waals surface area contributed by atoms with Crippen molar-refractivity contribution >= 4 is 38.9 Å². The Morgan fingerprint density at radius 1 is 1.40 bits per heavy atom. The molecule has 5 heteroatoms. The number of nitrogens with zero attached hydrogens (tertiary/aromatic N) is 1. The minimum atomic E-state index is 0.0536. The van der Waals surface area contributed by atoms with Crippen LogP contribution in [0.1, 0.15) is 28.8 Å². The topological polar surface area (TPSA) is 46.3 Å². The molecule has 2 aromatic rings. The third-order valence-corrected chi connectivity index (χ3v) is 4.83. The fraction of sp³-hybridized carbons (Fsp3) is 0.267. The van der Waals surface area contributed by atoms with Crippen molar-refractivity contribution in [1.82, 2.24) is 4.90 Å². The predicted octanol–water partition coefficient (Wildman–Crippen LogP) is 3.90. The molecule has 104 valence electrons. The number of hydrogen-bond donors (Lipinski definition) is 1. The molecule has 0 aliphatic heterocycles. The summed E-state index contributed by atoms with van der Waals surface area (Å²) in [5.41, 5.74) is 8.25. The highest BCUT2D eigenvalue weighted by Gasteiger charge is 2.33. The standard InChI is InChI=1S/C15H15BrN2OS/c16-14-4-1-11(17)7-13(14)15(19)18(12-2-3-12)8-10-5-6-20-9-10/h1,4-7,9,12H,2-3,8,17H2. The Bertz CT molecular complexity index is 623. The van der Waals surface area contributed by atoms with Crippen LogP contribution in [0.3, 0.4) is 0 Å². The number of hydrogen-bond acceptors (Lipinski definition) is 3. The summed E-state index contributed by atoms with van der Waals surface area (Å²) in [4.78, 5) is 14.7. The van der Waals surface area contributed by atoms with Crippen molar-refractivity contribution < 1.29 is 4.79 Å². The molecule has 3 rings (SSSR count). The average Bonchev–Trinajstić information content (AvgIpc) is 3.15. The molecule has 3 nitrogen and oxygen atoms in total. The van der Waals surface area contributed by atoms with E-state index in [1.54, 1.807) is 23.5 Å². The molecule has 1 amide bonds. The number of anilines is 1. The van der Waals surface area contributed by atoms with Crippen LogP contribution in [0.5, 0.6) is 0 Å². The zero-order valence-electron chi connectivity index (χ0n) is 10.9. The first-order chi connectivity index (χ1) is 9.65. The molecule has 0 spiro atoms. The van der Waals surface area contributed by atoms with Crippen LogP contribution in [-0.4, -0.2) is 16.8 Å². The van der Waals surface area contributed by atoms with E-state index in [2.05, 4.69) is 27.4 Å². The molecular weight excluding hydrogens is 336 g/mol. The van der Waals surface area contributed by atoms with E-state index in [0.717, 1.165) is 17.3 Å². The van der Waals surface area contributed by atoms with Gasteiger partial charge in [-0.1, -0.05) is 0 Å². The molecule has 0 unspecified atom stereocenters. The van der Waals surface area contributed by atoms with Crippen LogP contribution in [0.2, 0.25) is 0 Å². The van der Waals surface area contributed by atoms with Crippen LogP contribution in [0, 0.1) is 0 Å². The van der Waals surface area contributed by atoms with E-state index in [1.807, 2.05) is 16.3 Å². The quantitative estimate of drug-likeness (QED) is 0.850. The number of amides is 1. The zero-order valence-corrected chi connectivity index (χ0v) is 13.3. The van der Waals surface area contributed by atoms with Crippen molar-refractivity contribution in [3.05, 3.63) is 50.6 Å². The highest BCUT2D eigenvalue weighted by Crippen LogP contribution is 2.32. The summed E-state index contributed by atoms with van der Waals surface area (Å²) in [6, 6.07) is 7.81. The van der Waals surface area contributed by atoms with E-state index >= 15 is 0 Å². The number of nitrogens with two attached hydrogens (primary N) is 1. The van der Waals surface area contributed by atoms with Gasteiger partial charge in [0, 0.05) is 22.7 Å². The molecule has 1 aromatic carbocycles. The highest BCUT2D eigenvalue weighted by atomic mass is 79.9. The van der Waals surface area contributed by atoms with Gasteiger partial charge in [0.25, 0.3) is 5.91 Å². The smallest absolute Gasteiger partial charge is 0.255 e. The number of thiophene rings is 1. The van der Waals surface area contributed by atoms with E-state index in [4.69, 9.17) is 5.73 Å². The van der Waals surface area contributed by atoms with Gasteiger partial charge in [-0.25, -0.2) is 0 Å². The van der Waals surface area contributed by atoms with Crippen LogP contribution in [-0.2, 0) is 6.54 Å². The molecule has 1 aliphatic rings. The lowest BCUT2D eigenvalue weighted by Crippen LogP contribution is -2.32. The maximum absolute atomic E-state index is 12.8. The lowest BCUT2D eigenvalue weighted by molar-refractivity contribution is 0.0729. The van der Waals surface area contributed by atoms with Crippen LogP contribution in [0.25, 0.3) is 0 Å². The maximum Gasteiger partial charge on any atom is 0.255 e. The van der Waals surface area contributed by atoms with Crippen molar-refractivity contribution in [2.45, 2.75) is 25.4 Å². The van der Waals surface area contributed by atoms with Gasteiger partial charge in [0.05, 0.1) is 5.56 Å². The summed E-state index contributed by atoms with van der Waals surface area (Å²) in [5.74, 6) is 0.0536. The van der Waals surface area contributed by atoms with Gasteiger partial charge in [-0.3, -0.25) is 4.79 Å². The largest absolute Gasteiger partial charge is 0.399 e. The molecule has 1 aliphatic carbocycles. The summed E-state index contributed by atoms with van der Waals surface area (Å²) >= 11 is 5.11. The van der Waals surface area contributed by atoms with E-state index in [-0.39, 0.29) is 5.91 Å². The van der Waals surface area contributed by atoms with Gasteiger partial charge in [0.1, 0.15) is 0 Å². The number of rotatable bonds is 4. The Morgan fingerprint density at radius 2 is 2.20 bits per heavy atom. The van der Waals surface area contributed by atoms with Gasteiger partial charge in [-0.05, 0) is 69.4 Å². The molecule has 1 aromatic heterocycles. The first-order valence-corrected chi connectivity index (χ1v) is 8.26. The van der Waals surface area contributed by atoms with Crippen LogP contribution < -0.4 is 5.73 Å². The third kappa shape index (κ3) is 2.88. The van der Waals surface area contributed by atoms with Crippen LogP contribution in [0.4, 0.5) is 5.69 Å². The van der Waals surface area contributed by atoms with Gasteiger partial charge >= 0.3 is 0 Å². The average molecular weight is 351 g/mol. The molecule has 1 heterocycles. The Morgan fingerprint density at radius 3 is 2.85 bits per heavy atom. The Labute approximate surface area is 130 Å². The minimum Gasteiger partial charge on any atom is -0.399 e. The first kappa shape index (κ1) is 13.6. The predicted molar refractivity (Wildman–Crippen MR) is 85.8 cm³/mol. The Hall–Kier alpha value is -1.33. The molecule has 2 N–H and O–H groups in total. The first-order valence-electron chi connectivity index (χ1n) is 6.52. The minimum absolute atomic E-state index is 0.0536. The molecule has 0 bridgehead atoms. The normalized spacial score (nSPS) is 14.2. The molecule has 20 heavy (non-hydrogen) atoms. The number of carbonyl (C=O) groups is 1. The van der Waals surface area contributed by atoms with Gasteiger partial charge < -0.3 is 10.6 Å². The SMILES string of the molecule is Nc1ccc(Br)c(C(=O)N(Cc2ccsc2)C2CC2)c1. The summed E-state index contributed by atoms with van der Waals surface area (Å²) in [5, 5.41) is 4.14. The number of carbonyl (C=O) groups excluding carboxylic acids is 1. The molecular formula is C15H15BrN2OS. The lowest BCUT2D eigenvalue weighted by Gasteiger charge is -2.23. The molecule has 0 saturated heterocycles.